The van der Waals surface area contributed by atoms with Gasteiger partial charge in [-0.25, -0.2) is 0 Å². The van der Waals surface area contributed by atoms with Crippen LogP contribution in [-0.4, -0.2) is 31.7 Å². The van der Waals surface area contributed by atoms with Crippen LogP contribution in [0, 0.1) is 15.5 Å². The van der Waals surface area contributed by atoms with E-state index < -0.39 is 0 Å². The van der Waals surface area contributed by atoms with Gasteiger partial charge in [0.2, 0.25) is 0 Å². The molecule has 0 heterocycles. The number of anilines is 1. The molecule has 21 heavy (non-hydrogen) atoms. The number of benzene rings is 1. The van der Waals surface area contributed by atoms with Gasteiger partial charge in [0.15, 0.2) is 0 Å². The number of hydrogen-bond donors (Lipinski definition) is 1. The van der Waals surface area contributed by atoms with Crippen molar-refractivity contribution >= 4 is 11.4 Å². The van der Waals surface area contributed by atoms with E-state index in [0.29, 0.717) is 24.5 Å². The Balaban J connectivity index is 3.24. The minimum Gasteiger partial charge on any atom is -0.497 e. The van der Waals surface area contributed by atoms with Gasteiger partial charge in [-0.2, -0.15) is 0 Å². The van der Waals surface area contributed by atoms with Gasteiger partial charge in [0, 0.05) is 25.2 Å². The van der Waals surface area contributed by atoms with E-state index in [0.717, 1.165) is 13.0 Å². The van der Waals surface area contributed by atoms with E-state index >= 15 is 0 Å². The van der Waals surface area contributed by atoms with Crippen LogP contribution in [0.25, 0.3) is 0 Å². The van der Waals surface area contributed by atoms with E-state index in [9.17, 15) is 10.1 Å². The maximum atomic E-state index is 11.3. The molecule has 118 valence electrons. The third-order valence-corrected chi connectivity index (χ3v) is 3.38. The van der Waals surface area contributed by atoms with Gasteiger partial charge in [-0.1, -0.05) is 20.8 Å². The molecule has 0 saturated heterocycles. The van der Waals surface area contributed by atoms with Gasteiger partial charge in [-0.05, 0) is 24.4 Å². The molecule has 0 spiro atoms. The van der Waals surface area contributed by atoms with Crippen LogP contribution in [0.2, 0.25) is 0 Å². The fraction of sp³-hybridized carbons (Fsp3) is 0.600. The molecule has 0 bridgehead atoms. The molecule has 2 N–H and O–H groups in total. The summed E-state index contributed by atoms with van der Waals surface area (Å²) in [6.07, 6.45) is 0.898. The largest absolute Gasteiger partial charge is 0.497 e. The van der Waals surface area contributed by atoms with Gasteiger partial charge in [-0.15, -0.1) is 0 Å². The van der Waals surface area contributed by atoms with Crippen LogP contribution in [0.4, 0.5) is 11.4 Å². The molecule has 0 aliphatic carbocycles. The highest BCUT2D eigenvalue weighted by molar-refractivity contribution is 5.66. The van der Waals surface area contributed by atoms with Crippen LogP contribution in [0.3, 0.4) is 0 Å². The molecule has 0 aliphatic rings. The van der Waals surface area contributed by atoms with Gasteiger partial charge in [0.05, 0.1) is 12.0 Å². The van der Waals surface area contributed by atoms with Crippen LogP contribution >= 0.6 is 0 Å². The second-order valence-electron chi connectivity index (χ2n) is 5.90. The molecule has 0 fully saturated rings. The van der Waals surface area contributed by atoms with Crippen molar-refractivity contribution in [3.05, 3.63) is 28.3 Å². The van der Waals surface area contributed by atoms with E-state index in [2.05, 4.69) is 20.8 Å². The summed E-state index contributed by atoms with van der Waals surface area (Å²) in [4.78, 5) is 12.9. The van der Waals surface area contributed by atoms with Gasteiger partial charge in [0.25, 0.3) is 5.69 Å². The van der Waals surface area contributed by atoms with E-state index in [-0.39, 0.29) is 16.0 Å². The number of nitro groups is 1. The van der Waals surface area contributed by atoms with Gasteiger partial charge >= 0.3 is 0 Å². The van der Waals surface area contributed by atoms with Gasteiger partial charge in [-0.3, -0.25) is 10.1 Å². The molecule has 0 saturated carbocycles. The van der Waals surface area contributed by atoms with E-state index in [1.165, 1.54) is 6.07 Å². The Bertz CT molecular complexity index is 489. The topological polar surface area (TPSA) is 81.6 Å². The molecular formula is C15H25N3O3. The average Bonchev–Trinajstić information content (AvgIpc) is 2.45. The maximum Gasteiger partial charge on any atom is 0.292 e. The number of nitrogens with two attached hydrogens (primary N) is 1. The lowest BCUT2D eigenvalue weighted by atomic mass is 9.92. The van der Waals surface area contributed by atoms with Gasteiger partial charge in [0.1, 0.15) is 11.4 Å². The van der Waals surface area contributed by atoms with Crippen LogP contribution in [0.15, 0.2) is 18.2 Å². The van der Waals surface area contributed by atoms with Crippen LogP contribution in [-0.2, 0) is 0 Å². The van der Waals surface area contributed by atoms with Crippen molar-refractivity contribution in [1.29, 1.82) is 0 Å². The smallest absolute Gasteiger partial charge is 0.292 e. The Morgan fingerprint density at radius 2 is 2.10 bits per heavy atom. The highest BCUT2D eigenvalue weighted by Crippen LogP contribution is 2.34. The van der Waals surface area contributed by atoms with Crippen molar-refractivity contribution in [1.82, 2.24) is 0 Å². The lowest BCUT2D eigenvalue weighted by Gasteiger charge is -2.33. The molecule has 1 rings (SSSR count). The molecule has 1 aromatic rings. The Kier molecular flexibility index (Phi) is 5.96. The van der Waals surface area contributed by atoms with Crippen molar-refractivity contribution < 1.29 is 9.66 Å². The first-order chi connectivity index (χ1) is 9.84. The SMILES string of the molecule is CCCN(CC(C)(C)CN)c1cc(OC)ccc1[N+](=O)[O-]. The van der Waals surface area contributed by atoms with Crippen molar-refractivity contribution in [2.45, 2.75) is 27.2 Å². The fourth-order valence-corrected chi connectivity index (χ4v) is 2.17. The molecule has 0 unspecified atom stereocenters. The normalized spacial score (nSPS) is 11.3. The highest BCUT2D eigenvalue weighted by atomic mass is 16.6. The zero-order valence-electron chi connectivity index (χ0n) is 13.3. The summed E-state index contributed by atoms with van der Waals surface area (Å²) in [5, 5.41) is 11.3. The summed E-state index contributed by atoms with van der Waals surface area (Å²) < 4.78 is 5.20. The van der Waals surface area contributed by atoms with Crippen LogP contribution in [0.1, 0.15) is 27.2 Å². The van der Waals surface area contributed by atoms with E-state index in [4.69, 9.17) is 10.5 Å². The first-order valence-corrected chi connectivity index (χ1v) is 7.12. The molecule has 0 aliphatic heterocycles. The summed E-state index contributed by atoms with van der Waals surface area (Å²) in [7, 11) is 1.55. The number of hydrogen-bond acceptors (Lipinski definition) is 5. The van der Waals surface area contributed by atoms with Crippen molar-refractivity contribution in [2.75, 3.05) is 31.6 Å². The number of ether oxygens (including phenoxy) is 1. The quantitative estimate of drug-likeness (QED) is 0.589. The Morgan fingerprint density at radius 1 is 1.43 bits per heavy atom. The molecule has 0 aromatic heterocycles. The highest BCUT2D eigenvalue weighted by Gasteiger charge is 2.25. The average molecular weight is 295 g/mol. The number of nitrogens with zero attached hydrogens (tertiary/aromatic N) is 2. The van der Waals surface area contributed by atoms with Gasteiger partial charge < -0.3 is 15.4 Å². The zero-order valence-corrected chi connectivity index (χ0v) is 13.3. The molecule has 0 radical (unpaired) electrons. The molecule has 0 atom stereocenters. The van der Waals surface area contributed by atoms with E-state index in [1.54, 1.807) is 19.2 Å². The molecule has 1 aromatic carbocycles. The molecule has 6 heteroatoms. The lowest BCUT2D eigenvalue weighted by molar-refractivity contribution is -0.384. The third-order valence-electron chi connectivity index (χ3n) is 3.38. The van der Waals surface area contributed by atoms with Crippen molar-refractivity contribution in [3.8, 4) is 5.75 Å². The Labute approximate surface area is 126 Å². The zero-order chi connectivity index (χ0) is 16.0. The predicted octanol–water partition coefficient (Wildman–Crippen LogP) is 2.80. The van der Waals surface area contributed by atoms with Crippen LogP contribution < -0.4 is 15.4 Å². The third kappa shape index (κ3) is 4.60. The van der Waals surface area contributed by atoms with E-state index in [1.807, 2.05) is 4.90 Å². The summed E-state index contributed by atoms with van der Waals surface area (Å²) in [6, 6.07) is 4.83. The van der Waals surface area contributed by atoms with Crippen molar-refractivity contribution in [2.24, 2.45) is 11.1 Å². The Morgan fingerprint density at radius 3 is 2.57 bits per heavy atom. The molecule has 0 amide bonds. The number of methoxy groups -OCH3 is 1. The lowest BCUT2D eigenvalue weighted by Crippen LogP contribution is -2.39. The second kappa shape index (κ2) is 7.26. The standard InChI is InChI=1S/C15H25N3O3/c1-5-8-17(11-15(2,3)10-16)14-9-12(21-4)6-7-13(14)18(19)20/h6-7,9H,5,8,10-11,16H2,1-4H3. The monoisotopic (exact) mass is 295 g/mol. The van der Waals surface area contributed by atoms with Crippen molar-refractivity contribution in [3.63, 3.8) is 0 Å². The minimum absolute atomic E-state index is 0.0945. The summed E-state index contributed by atoms with van der Waals surface area (Å²) in [6.45, 7) is 8.07. The molecular weight excluding hydrogens is 270 g/mol. The minimum atomic E-state index is -0.354. The second-order valence-corrected chi connectivity index (χ2v) is 5.90. The number of nitro benzene ring substituents is 1. The number of rotatable bonds is 8. The summed E-state index contributed by atoms with van der Waals surface area (Å²) in [5.41, 5.74) is 6.36. The summed E-state index contributed by atoms with van der Waals surface area (Å²) >= 11 is 0. The Hall–Kier alpha value is -1.82. The first-order valence-electron chi connectivity index (χ1n) is 7.12. The predicted molar refractivity (Wildman–Crippen MR) is 85.0 cm³/mol. The maximum absolute atomic E-state index is 11.3. The first kappa shape index (κ1) is 17.2. The summed E-state index contributed by atoms with van der Waals surface area (Å²) in [5.74, 6) is 0.613. The molecule has 6 nitrogen and oxygen atoms in total. The van der Waals surface area contributed by atoms with Crippen LogP contribution in [0.5, 0.6) is 5.75 Å². The fourth-order valence-electron chi connectivity index (χ4n) is 2.17.